The first-order chi connectivity index (χ1) is 9.07. The van der Waals surface area contributed by atoms with Gasteiger partial charge >= 0.3 is 6.18 Å². The molecule has 3 nitrogen and oxygen atoms in total. The first kappa shape index (κ1) is 15.2. The molecule has 0 N–H and O–H groups in total. The predicted octanol–water partition coefficient (Wildman–Crippen LogP) is 3.91. The van der Waals surface area contributed by atoms with Gasteiger partial charge in [0.2, 0.25) is 5.91 Å². The number of halogens is 4. The molecule has 1 amide bonds. The van der Waals surface area contributed by atoms with Crippen molar-refractivity contribution in [2.45, 2.75) is 32.0 Å². The number of hydrogen-bond acceptors (Lipinski definition) is 2. The molecule has 1 aromatic rings. The number of carbonyl (C=O) groups is 1. The number of hydrogen-bond donors (Lipinski definition) is 0. The Hall–Kier alpha value is -1.24. The Labute approximate surface area is 122 Å². The number of ether oxygens (including phenoxy) is 1. The number of rotatable bonds is 1. The fourth-order valence-electron chi connectivity index (χ4n) is 2.08. The standard InChI is InChI=1S/C13H13BrF3NO2/c1-12(2)7-18(11(19)6-13(15,16)17)9-4-3-8(14)5-10(9)20-12/h3-5H,6-7H2,1-2H3. The minimum Gasteiger partial charge on any atom is -0.484 e. The summed E-state index contributed by atoms with van der Waals surface area (Å²) in [6.07, 6.45) is -5.99. The molecular formula is C13H13BrF3NO2. The SMILES string of the molecule is CC1(C)CN(C(=O)CC(F)(F)F)c2ccc(Br)cc2O1. The molecule has 0 spiro atoms. The summed E-state index contributed by atoms with van der Waals surface area (Å²) in [5, 5.41) is 0. The molecule has 110 valence electrons. The smallest absolute Gasteiger partial charge is 0.397 e. The van der Waals surface area contributed by atoms with Crippen LogP contribution in [-0.2, 0) is 4.79 Å². The van der Waals surface area contributed by atoms with E-state index in [0.29, 0.717) is 11.4 Å². The molecule has 20 heavy (non-hydrogen) atoms. The number of alkyl halides is 3. The summed E-state index contributed by atoms with van der Waals surface area (Å²) in [6.45, 7) is 3.53. The summed E-state index contributed by atoms with van der Waals surface area (Å²) in [6, 6.07) is 4.88. The fraction of sp³-hybridized carbons (Fsp3) is 0.462. The fourth-order valence-corrected chi connectivity index (χ4v) is 2.42. The first-order valence-electron chi connectivity index (χ1n) is 5.93. The van der Waals surface area contributed by atoms with Crippen LogP contribution in [0.3, 0.4) is 0 Å². The summed E-state index contributed by atoms with van der Waals surface area (Å²) in [5.41, 5.74) is -0.378. The number of fused-ring (bicyclic) bond motifs is 1. The largest absolute Gasteiger partial charge is 0.484 e. The molecular weight excluding hydrogens is 339 g/mol. The molecule has 1 heterocycles. The second kappa shape index (κ2) is 4.95. The average Bonchev–Trinajstić information content (AvgIpc) is 2.23. The Morgan fingerprint density at radius 3 is 2.70 bits per heavy atom. The molecule has 0 bridgehead atoms. The van der Waals surface area contributed by atoms with Gasteiger partial charge in [-0.25, -0.2) is 0 Å². The van der Waals surface area contributed by atoms with Crippen LogP contribution in [0.25, 0.3) is 0 Å². The predicted molar refractivity (Wildman–Crippen MR) is 71.9 cm³/mol. The van der Waals surface area contributed by atoms with Gasteiger partial charge in [0.05, 0.1) is 12.2 Å². The van der Waals surface area contributed by atoms with Gasteiger partial charge in [-0.3, -0.25) is 4.79 Å². The van der Waals surface area contributed by atoms with Crippen LogP contribution in [0.1, 0.15) is 20.3 Å². The van der Waals surface area contributed by atoms with Crippen molar-refractivity contribution in [2.75, 3.05) is 11.4 Å². The molecule has 0 unspecified atom stereocenters. The van der Waals surface area contributed by atoms with E-state index in [4.69, 9.17) is 4.74 Å². The van der Waals surface area contributed by atoms with E-state index in [1.807, 2.05) is 0 Å². The highest BCUT2D eigenvalue weighted by Crippen LogP contribution is 2.39. The summed E-state index contributed by atoms with van der Waals surface area (Å²) in [4.78, 5) is 13.0. The number of amides is 1. The van der Waals surface area contributed by atoms with Crippen LogP contribution in [0.15, 0.2) is 22.7 Å². The summed E-state index contributed by atoms with van der Waals surface area (Å²) in [7, 11) is 0. The van der Waals surface area contributed by atoms with Gasteiger partial charge in [-0.1, -0.05) is 15.9 Å². The van der Waals surface area contributed by atoms with Gasteiger partial charge in [0.25, 0.3) is 0 Å². The normalized spacial score (nSPS) is 17.4. The average molecular weight is 352 g/mol. The number of carbonyl (C=O) groups excluding carboxylic acids is 1. The minimum absolute atomic E-state index is 0.0799. The lowest BCUT2D eigenvalue weighted by Crippen LogP contribution is -2.50. The third-order valence-electron chi connectivity index (χ3n) is 2.79. The molecule has 0 atom stereocenters. The van der Waals surface area contributed by atoms with Gasteiger partial charge in [-0.2, -0.15) is 13.2 Å². The van der Waals surface area contributed by atoms with Gasteiger partial charge in [0.1, 0.15) is 17.8 Å². The maximum absolute atomic E-state index is 12.4. The third-order valence-corrected chi connectivity index (χ3v) is 3.28. The van der Waals surface area contributed by atoms with Crippen molar-refractivity contribution >= 4 is 27.5 Å². The van der Waals surface area contributed by atoms with Crippen molar-refractivity contribution < 1.29 is 22.7 Å². The van der Waals surface area contributed by atoms with Crippen molar-refractivity contribution in [2.24, 2.45) is 0 Å². The van der Waals surface area contributed by atoms with E-state index in [-0.39, 0.29) is 6.54 Å². The topological polar surface area (TPSA) is 29.5 Å². The second-order valence-corrected chi connectivity index (χ2v) is 6.16. The van der Waals surface area contributed by atoms with Crippen molar-refractivity contribution in [3.63, 3.8) is 0 Å². The van der Waals surface area contributed by atoms with E-state index in [2.05, 4.69) is 15.9 Å². The van der Waals surface area contributed by atoms with Crippen molar-refractivity contribution in [3.05, 3.63) is 22.7 Å². The molecule has 1 aromatic carbocycles. The van der Waals surface area contributed by atoms with E-state index >= 15 is 0 Å². The summed E-state index contributed by atoms with van der Waals surface area (Å²) in [5.74, 6) is -0.580. The molecule has 1 aliphatic heterocycles. The van der Waals surface area contributed by atoms with Crippen LogP contribution >= 0.6 is 15.9 Å². The van der Waals surface area contributed by atoms with Crippen molar-refractivity contribution in [1.82, 2.24) is 0 Å². The van der Waals surface area contributed by atoms with Crippen LogP contribution in [0.5, 0.6) is 5.75 Å². The molecule has 7 heteroatoms. The van der Waals surface area contributed by atoms with E-state index in [9.17, 15) is 18.0 Å². The highest BCUT2D eigenvalue weighted by Gasteiger charge is 2.39. The number of anilines is 1. The Morgan fingerprint density at radius 1 is 1.45 bits per heavy atom. The number of nitrogens with zero attached hydrogens (tertiary/aromatic N) is 1. The highest BCUT2D eigenvalue weighted by atomic mass is 79.9. The van der Waals surface area contributed by atoms with Gasteiger partial charge in [0.15, 0.2) is 0 Å². The van der Waals surface area contributed by atoms with Gasteiger partial charge in [-0.05, 0) is 32.0 Å². The Morgan fingerprint density at radius 2 is 2.10 bits per heavy atom. The zero-order valence-electron chi connectivity index (χ0n) is 10.9. The number of benzene rings is 1. The lowest BCUT2D eigenvalue weighted by Gasteiger charge is -2.39. The minimum atomic E-state index is -4.52. The van der Waals surface area contributed by atoms with E-state index in [1.54, 1.807) is 32.0 Å². The lowest BCUT2D eigenvalue weighted by atomic mass is 10.0. The van der Waals surface area contributed by atoms with E-state index in [0.717, 1.165) is 9.37 Å². The Balaban J connectivity index is 2.37. The van der Waals surface area contributed by atoms with Crippen LogP contribution in [0.4, 0.5) is 18.9 Å². The molecule has 2 rings (SSSR count). The van der Waals surface area contributed by atoms with Crippen LogP contribution in [0.2, 0.25) is 0 Å². The second-order valence-electron chi connectivity index (χ2n) is 5.25. The van der Waals surface area contributed by atoms with Gasteiger partial charge in [-0.15, -0.1) is 0 Å². The zero-order chi connectivity index (χ0) is 15.1. The lowest BCUT2D eigenvalue weighted by molar-refractivity contribution is -0.152. The quantitative estimate of drug-likeness (QED) is 0.767. The van der Waals surface area contributed by atoms with E-state index < -0.39 is 24.1 Å². The molecule has 0 saturated heterocycles. The van der Waals surface area contributed by atoms with Crippen molar-refractivity contribution in [1.29, 1.82) is 0 Å². The molecule has 0 saturated carbocycles. The van der Waals surface area contributed by atoms with E-state index in [1.165, 1.54) is 0 Å². The maximum atomic E-state index is 12.4. The molecule has 0 fully saturated rings. The molecule has 0 radical (unpaired) electrons. The Bertz CT molecular complexity index is 543. The van der Waals surface area contributed by atoms with Crippen LogP contribution < -0.4 is 9.64 Å². The highest BCUT2D eigenvalue weighted by molar-refractivity contribution is 9.10. The third kappa shape index (κ3) is 3.45. The van der Waals surface area contributed by atoms with Gasteiger partial charge < -0.3 is 9.64 Å². The summed E-state index contributed by atoms with van der Waals surface area (Å²) >= 11 is 3.27. The molecule has 0 aliphatic carbocycles. The first-order valence-corrected chi connectivity index (χ1v) is 6.72. The monoisotopic (exact) mass is 351 g/mol. The molecule has 0 aromatic heterocycles. The van der Waals surface area contributed by atoms with Crippen LogP contribution in [-0.4, -0.2) is 24.2 Å². The zero-order valence-corrected chi connectivity index (χ0v) is 12.5. The summed E-state index contributed by atoms with van der Waals surface area (Å²) < 4.78 is 43.7. The van der Waals surface area contributed by atoms with Crippen molar-refractivity contribution in [3.8, 4) is 5.75 Å². The van der Waals surface area contributed by atoms with Gasteiger partial charge in [0, 0.05) is 4.47 Å². The maximum Gasteiger partial charge on any atom is 0.397 e. The molecule has 1 aliphatic rings. The Kier molecular flexibility index (Phi) is 3.75. The van der Waals surface area contributed by atoms with Crippen LogP contribution in [0, 0.1) is 0 Å².